The molecule has 0 unspecified atom stereocenters. The number of thiophene rings is 1. The van der Waals surface area contributed by atoms with Gasteiger partial charge in [0.2, 0.25) is 5.28 Å². The van der Waals surface area contributed by atoms with E-state index in [0.29, 0.717) is 5.28 Å². The lowest BCUT2D eigenvalue weighted by molar-refractivity contribution is 0.192. The fourth-order valence-electron chi connectivity index (χ4n) is 2.01. The van der Waals surface area contributed by atoms with Gasteiger partial charge in [0.05, 0.1) is 5.39 Å². The summed E-state index contributed by atoms with van der Waals surface area (Å²) in [5, 5.41) is 4.76. The second kappa shape index (κ2) is 7.76. The molecule has 2 aromatic rings. The van der Waals surface area contributed by atoms with Gasteiger partial charge in [0.25, 0.3) is 0 Å². The maximum absolute atomic E-state index is 5.99. The van der Waals surface area contributed by atoms with Crippen LogP contribution in [-0.4, -0.2) is 30.2 Å². The van der Waals surface area contributed by atoms with Crippen LogP contribution < -0.4 is 5.32 Å². The summed E-state index contributed by atoms with van der Waals surface area (Å²) in [5.74, 6) is 0.850. The van der Waals surface area contributed by atoms with Crippen LogP contribution in [0.4, 0.5) is 5.82 Å². The van der Waals surface area contributed by atoms with E-state index in [4.69, 9.17) is 16.3 Å². The van der Waals surface area contributed by atoms with Gasteiger partial charge in [-0.1, -0.05) is 6.92 Å². The highest BCUT2D eigenvalue weighted by atomic mass is 35.5. The van der Waals surface area contributed by atoms with Gasteiger partial charge in [0, 0.05) is 25.1 Å². The smallest absolute Gasteiger partial charge is 0.225 e. The molecule has 2 rings (SSSR count). The molecule has 0 spiro atoms. The summed E-state index contributed by atoms with van der Waals surface area (Å²) in [7, 11) is 1.74. The molecule has 0 amide bonds. The summed E-state index contributed by atoms with van der Waals surface area (Å²) in [6, 6.07) is 2.16. The minimum atomic E-state index is 0.309. The lowest BCUT2D eigenvalue weighted by atomic mass is 10.2. The van der Waals surface area contributed by atoms with Gasteiger partial charge in [-0.25, -0.2) is 9.97 Å². The van der Waals surface area contributed by atoms with Crippen LogP contribution in [0.3, 0.4) is 0 Å². The van der Waals surface area contributed by atoms with Crippen LogP contribution in [0, 0.1) is 0 Å². The number of ether oxygens (including phenoxy) is 1. The number of aromatic nitrogens is 2. The SMILES string of the molecule is CCc1cc2c(NCCCCCOC)nc(Cl)nc2s1. The van der Waals surface area contributed by atoms with E-state index in [1.807, 2.05) is 0 Å². The van der Waals surface area contributed by atoms with E-state index in [-0.39, 0.29) is 0 Å². The minimum absolute atomic E-state index is 0.309. The van der Waals surface area contributed by atoms with E-state index in [1.165, 1.54) is 4.88 Å². The molecule has 6 heteroatoms. The molecule has 0 saturated carbocycles. The summed E-state index contributed by atoms with van der Waals surface area (Å²) >= 11 is 7.67. The third-order valence-corrected chi connectivity index (χ3v) is 4.42. The first-order valence-corrected chi connectivity index (χ1v) is 8.12. The molecule has 0 aliphatic carbocycles. The highest BCUT2D eigenvalue weighted by Crippen LogP contribution is 2.30. The van der Waals surface area contributed by atoms with Crippen LogP contribution in [0.5, 0.6) is 0 Å². The van der Waals surface area contributed by atoms with Crippen LogP contribution in [0.2, 0.25) is 5.28 Å². The molecule has 0 fully saturated rings. The number of unbranched alkanes of at least 4 members (excludes halogenated alkanes) is 2. The Morgan fingerprint density at radius 1 is 1.30 bits per heavy atom. The van der Waals surface area contributed by atoms with Gasteiger partial charge in [0.15, 0.2) is 0 Å². The topological polar surface area (TPSA) is 47.0 Å². The lowest BCUT2D eigenvalue weighted by Crippen LogP contribution is -2.04. The van der Waals surface area contributed by atoms with Gasteiger partial charge in [0.1, 0.15) is 10.6 Å². The Kier molecular flexibility index (Phi) is 6.01. The molecule has 0 atom stereocenters. The zero-order valence-corrected chi connectivity index (χ0v) is 13.5. The van der Waals surface area contributed by atoms with Gasteiger partial charge < -0.3 is 10.1 Å². The number of rotatable bonds is 8. The van der Waals surface area contributed by atoms with Crippen LogP contribution in [0.1, 0.15) is 31.1 Å². The Morgan fingerprint density at radius 3 is 2.90 bits per heavy atom. The van der Waals surface area contributed by atoms with Gasteiger partial charge in [-0.05, 0) is 43.4 Å². The molecule has 2 heterocycles. The predicted octanol–water partition coefficient (Wildman–Crippen LogP) is 4.14. The number of hydrogen-bond acceptors (Lipinski definition) is 5. The zero-order valence-electron chi connectivity index (χ0n) is 11.9. The quantitative estimate of drug-likeness (QED) is 0.588. The second-order valence-corrected chi connectivity index (χ2v) is 6.06. The van der Waals surface area contributed by atoms with Crippen molar-refractivity contribution in [3.63, 3.8) is 0 Å². The number of halogens is 1. The Balaban J connectivity index is 1.99. The molecule has 0 radical (unpaired) electrons. The molecule has 4 nitrogen and oxygen atoms in total. The zero-order chi connectivity index (χ0) is 14.4. The second-order valence-electron chi connectivity index (χ2n) is 4.61. The highest BCUT2D eigenvalue weighted by Gasteiger charge is 2.10. The molecule has 0 aromatic carbocycles. The van der Waals surface area contributed by atoms with E-state index in [1.54, 1.807) is 18.4 Å². The number of nitrogens with zero attached hydrogens (tertiary/aromatic N) is 2. The van der Waals surface area contributed by atoms with Crippen molar-refractivity contribution in [3.05, 3.63) is 16.2 Å². The molecule has 0 aliphatic rings. The van der Waals surface area contributed by atoms with E-state index in [0.717, 1.165) is 54.9 Å². The van der Waals surface area contributed by atoms with Gasteiger partial charge in [-0.15, -0.1) is 11.3 Å². The molecule has 1 N–H and O–H groups in total. The standard InChI is InChI=1S/C14H20ClN3OS/c1-3-10-9-11-12(16-7-5-4-6-8-19-2)17-14(15)18-13(11)20-10/h9H,3-8H2,1-2H3,(H,16,17,18). The number of aryl methyl sites for hydroxylation is 1. The number of methoxy groups -OCH3 is 1. The summed E-state index contributed by atoms with van der Waals surface area (Å²) in [6.45, 7) is 3.86. The molecular weight excluding hydrogens is 294 g/mol. The third-order valence-electron chi connectivity index (χ3n) is 3.08. The molecule has 20 heavy (non-hydrogen) atoms. The fraction of sp³-hybridized carbons (Fsp3) is 0.571. The molecule has 0 bridgehead atoms. The van der Waals surface area contributed by atoms with E-state index in [9.17, 15) is 0 Å². The Morgan fingerprint density at radius 2 is 2.15 bits per heavy atom. The fourth-order valence-corrected chi connectivity index (χ4v) is 3.20. The molecule has 0 aliphatic heterocycles. The van der Waals surface area contributed by atoms with Gasteiger partial charge >= 0.3 is 0 Å². The van der Waals surface area contributed by atoms with Crippen molar-refractivity contribution in [1.29, 1.82) is 0 Å². The third kappa shape index (κ3) is 4.04. The summed E-state index contributed by atoms with van der Waals surface area (Å²) < 4.78 is 5.04. The lowest BCUT2D eigenvalue weighted by Gasteiger charge is -2.06. The van der Waals surface area contributed by atoms with Gasteiger partial charge in [-0.2, -0.15) is 0 Å². The van der Waals surface area contributed by atoms with Gasteiger partial charge in [-0.3, -0.25) is 0 Å². The van der Waals surface area contributed by atoms with Crippen LogP contribution >= 0.6 is 22.9 Å². The summed E-state index contributed by atoms with van der Waals surface area (Å²) in [5.41, 5.74) is 0. The normalized spacial score (nSPS) is 11.2. The molecular formula is C14H20ClN3OS. The van der Waals surface area contributed by atoms with Crippen LogP contribution in [-0.2, 0) is 11.2 Å². The monoisotopic (exact) mass is 313 g/mol. The highest BCUT2D eigenvalue weighted by molar-refractivity contribution is 7.18. The first kappa shape index (κ1) is 15.5. The molecule has 2 aromatic heterocycles. The van der Waals surface area contributed by atoms with Crippen LogP contribution in [0.15, 0.2) is 6.07 Å². The van der Waals surface area contributed by atoms with Crippen molar-refractivity contribution in [2.24, 2.45) is 0 Å². The average molecular weight is 314 g/mol. The maximum Gasteiger partial charge on any atom is 0.225 e. The van der Waals surface area contributed by atoms with Crippen molar-refractivity contribution in [2.75, 3.05) is 25.6 Å². The van der Waals surface area contributed by atoms with Crippen molar-refractivity contribution in [2.45, 2.75) is 32.6 Å². The predicted molar refractivity (Wildman–Crippen MR) is 86.0 cm³/mol. The van der Waals surface area contributed by atoms with Crippen molar-refractivity contribution in [1.82, 2.24) is 9.97 Å². The average Bonchev–Trinajstić information content (AvgIpc) is 2.85. The van der Waals surface area contributed by atoms with Crippen LogP contribution in [0.25, 0.3) is 10.2 Å². The van der Waals surface area contributed by atoms with E-state index < -0.39 is 0 Å². The maximum atomic E-state index is 5.99. The van der Waals surface area contributed by atoms with E-state index >= 15 is 0 Å². The summed E-state index contributed by atoms with van der Waals surface area (Å²) in [4.78, 5) is 10.9. The van der Waals surface area contributed by atoms with E-state index in [2.05, 4.69) is 28.3 Å². The largest absolute Gasteiger partial charge is 0.385 e. The Labute approximate surface area is 128 Å². The first-order chi connectivity index (χ1) is 9.74. The molecule has 110 valence electrons. The Bertz CT molecular complexity index is 559. The number of anilines is 1. The number of fused-ring (bicyclic) bond motifs is 1. The Hall–Kier alpha value is -0.910. The molecule has 0 saturated heterocycles. The van der Waals surface area contributed by atoms with Crippen molar-refractivity contribution in [3.8, 4) is 0 Å². The van der Waals surface area contributed by atoms with Crippen molar-refractivity contribution < 1.29 is 4.74 Å². The number of nitrogens with one attached hydrogen (secondary N) is 1. The first-order valence-electron chi connectivity index (χ1n) is 6.93. The summed E-state index contributed by atoms with van der Waals surface area (Å²) in [6.07, 6.45) is 4.34. The minimum Gasteiger partial charge on any atom is -0.385 e. The van der Waals surface area contributed by atoms with Crippen molar-refractivity contribution >= 4 is 39.0 Å². The number of hydrogen-bond donors (Lipinski definition) is 1.